The van der Waals surface area contributed by atoms with Crippen molar-refractivity contribution < 1.29 is 22.4 Å². The number of furan rings is 1. The summed E-state index contributed by atoms with van der Waals surface area (Å²) in [6.45, 7) is 0.170. The summed E-state index contributed by atoms with van der Waals surface area (Å²) in [5.74, 6) is 0.502. The Morgan fingerprint density at radius 3 is 2.64 bits per heavy atom. The third kappa shape index (κ3) is 5.40. The van der Waals surface area contributed by atoms with Crippen LogP contribution in [0.25, 0.3) is 10.2 Å². The molecule has 0 aliphatic heterocycles. The highest BCUT2D eigenvalue weighted by Gasteiger charge is 2.24. The van der Waals surface area contributed by atoms with E-state index in [0.717, 1.165) is 15.1 Å². The molecule has 0 saturated heterocycles. The van der Waals surface area contributed by atoms with E-state index in [-0.39, 0.29) is 29.5 Å². The van der Waals surface area contributed by atoms with Gasteiger partial charge in [-0.25, -0.2) is 13.4 Å². The minimum Gasteiger partial charge on any atom is -0.497 e. The number of hydrogen-bond donors (Lipinski definition) is 0. The predicted molar refractivity (Wildman–Crippen MR) is 131 cm³/mol. The van der Waals surface area contributed by atoms with Gasteiger partial charge >= 0.3 is 0 Å². The normalized spacial score (nSPS) is 11.6. The summed E-state index contributed by atoms with van der Waals surface area (Å²) in [4.78, 5) is 20.6. The van der Waals surface area contributed by atoms with Crippen LogP contribution < -0.4 is 9.64 Å². The van der Waals surface area contributed by atoms with Gasteiger partial charge in [0.25, 0.3) is 0 Å². The highest BCUT2D eigenvalue weighted by Crippen LogP contribution is 2.33. The molecule has 33 heavy (non-hydrogen) atoms. The molecule has 2 aromatic heterocycles. The Balaban J connectivity index is 1.57. The first kappa shape index (κ1) is 23.3. The third-order valence-electron chi connectivity index (χ3n) is 5.01. The highest BCUT2D eigenvalue weighted by molar-refractivity contribution is 7.98. The molecule has 0 fully saturated rings. The monoisotopic (exact) mass is 502 g/mol. The first-order valence-corrected chi connectivity index (χ1v) is 13.7. The summed E-state index contributed by atoms with van der Waals surface area (Å²) >= 11 is 3.03. The number of nitrogens with zero attached hydrogens (tertiary/aromatic N) is 2. The SMILES string of the molecule is COc1ccc(S(=O)(=O)CCC(=O)N(Cc2ccco2)c2nc3ccc(SC)cc3s2)cc1. The number of ether oxygens (including phenoxy) is 1. The Hall–Kier alpha value is -2.82. The number of anilines is 1. The number of methoxy groups -OCH3 is 1. The van der Waals surface area contributed by atoms with E-state index in [0.29, 0.717) is 16.6 Å². The zero-order valence-corrected chi connectivity index (χ0v) is 20.5. The molecular weight excluding hydrogens is 480 g/mol. The van der Waals surface area contributed by atoms with E-state index in [1.165, 1.54) is 41.7 Å². The minimum absolute atomic E-state index is 0.151. The standard InChI is InChI=1S/C23H22N2O5S3/c1-29-16-5-8-19(9-6-16)33(27,28)13-11-22(26)25(15-17-4-3-12-30-17)23-24-20-10-7-18(31-2)14-21(20)32-23/h3-10,12,14H,11,13,15H2,1-2H3. The van der Waals surface area contributed by atoms with Crippen molar-refractivity contribution in [1.29, 1.82) is 0 Å². The van der Waals surface area contributed by atoms with E-state index in [9.17, 15) is 13.2 Å². The van der Waals surface area contributed by atoms with Crippen LogP contribution in [-0.2, 0) is 21.2 Å². The quantitative estimate of drug-likeness (QED) is 0.297. The van der Waals surface area contributed by atoms with Crippen LogP contribution in [0, 0.1) is 0 Å². The molecule has 0 spiro atoms. The maximum Gasteiger partial charge on any atom is 0.230 e. The minimum atomic E-state index is -3.64. The molecule has 0 saturated carbocycles. The average molecular weight is 503 g/mol. The number of amides is 1. The van der Waals surface area contributed by atoms with Gasteiger partial charge in [-0.15, -0.1) is 11.8 Å². The molecule has 4 aromatic rings. The van der Waals surface area contributed by atoms with E-state index in [2.05, 4.69) is 4.98 Å². The van der Waals surface area contributed by atoms with Crippen LogP contribution in [0.1, 0.15) is 12.2 Å². The molecule has 7 nitrogen and oxygen atoms in total. The van der Waals surface area contributed by atoms with Crippen LogP contribution in [0.15, 0.2) is 75.1 Å². The van der Waals surface area contributed by atoms with Crippen LogP contribution in [0.5, 0.6) is 5.75 Å². The first-order valence-electron chi connectivity index (χ1n) is 10.0. The van der Waals surface area contributed by atoms with Crippen molar-refractivity contribution in [3.05, 3.63) is 66.6 Å². The van der Waals surface area contributed by atoms with Crippen molar-refractivity contribution in [2.24, 2.45) is 0 Å². The Morgan fingerprint density at radius 2 is 1.97 bits per heavy atom. The van der Waals surface area contributed by atoms with Crippen molar-refractivity contribution in [2.75, 3.05) is 24.0 Å². The molecule has 2 heterocycles. The molecular formula is C23H22N2O5S3. The number of thiazole rings is 1. The van der Waals surface area contributed by atoms with Gasteiger partial charge < -0.3 is 9.15 Å². The van der Waals surface area contributed by atoms with Gasteiger partial charge in [0, 0.05) is 11.3 Å². The molecule has 0 bridgehead atoms. The van der Waals surface area contributed by atoms with Crippen molar-refractivity contribution >= 4 is 54.2 Å². The number of carbonyl (C=O) groups excluding carboxylic acids is 1. The van der Waals surface area contributed by atoms with Gasteiger partial charge in [0.15, 0.2) is 15.0 Å². The van der Waals surface area contributed by atoms with Crippen LogP contribution in [0.4, 0.5) is 5.13 Å². The summed E-state index contributed by atoms with van der Waals surface area (Å²) in [5.41, 5.74) is 0.788. The fourth-order valence-electron chi connectivity index (χ4n) is 3.21. The number of rotatable bonds is 9. The Labute approximate surface area is 200 Å². The maximum atomic E-state index is 13.2. The number of fused-ring (bicyclic) bond motifs is 1. The molecule has 0 aliphatic rings. The third-order valence-corrected chi connectivity index (χ3v) is 8.51. The van der Waals surface area contributed by atoms with Crippen molar-refractivity contribution in [2.45, 2.75) is 22.8 Å². The summed E-state index contributed by atoms with van der Waals surface area (Å²) in [5, 5.41) is 0.506. The Bertz CT molecular complexity index is 1350. The molecule has 0 N–H and O–H groups in total. The molecule has 2 aromatic carbocycles. The zero-order chi connectivity index (χ0) is 23.4. The summed E-state index contributed by atoms with van der Waals surface area (Å²) in [7, 11) is -2.12. The Kier molecular flexibility index (Phi) is 7.06. The second kappa shape index (κ2) is 9.98. The number of benzene rings is 2. The van der Waals surface area contributed by atoms with Crippen LogP contribution in [0.2, 0.25) is 0 Å². The maximum absolute atomic E-state index is 13.2. The summed E-state index contributed by atoms with van der Waals surface area (Å²) in [6, 6.07) is 15.6. The lowest BCUT2D eigenvalue weighted by atomic mass is 10.3. The second-order valence-corrected chi connectivity index (χ2v) is 11.1. The molecule has 4 rings (SSSR count). The van der Waals surface area contributed by atoms with Crippen molar-refractivity contribution in [3.8, 4) is 5.75 Å². The van der Waals surface area contributed by atoms with Gasteiger partial charge in [0.1, 0.15) is 11.5 Å². The van der Waals surface area contributed by atoms with E-state index in [1.807, 2.05) is 24.5 Å². The fourth-order valence-corrected chi connectivity index (χ4v) is 5.98. The van der Waals surface area contributed by atoms with Crippen molar-refractivity contribution in [3.63, 3.8) is 0 Å². The summed E-state index contributed by atoms with van der Waals surface area (Å²) in [6.07, 6.45) is 3.36. The van der Waals surface area contributed by atoms with E-state index >= 15 is 0 Å². The fraction of sp³-hybridized carbons (Fsp3) is 0.217. The topological polar surface area (TPSA) is 89.7 Å². The Morgan fingerprint density at radius 1 is 1.18 bits per heavy atom. The number of carbonyl (C=O) groups is 1. The molecule has 0 radical (unpaired) electrons. The number of thioether (sulfide) groups is 1. The van der Waals surface area contributed by atoms with Gasteiger partial charge in [-0.1, -0.05) is 11.3 Å². The van der Waals surface area contributed by atoms with Crippen LogP contribution in [0.3, 0.4) is 0 Å². The van der Waals surface area contributed by atoms with Gasteiger partial charge in [-0.2, -0.15) is 0 Å². The smallest absolute Gasteiger partial charge is 0.230 e. The van der Waals surface area contributed by atoms with Gasteiger partial charge in [-0.05, 0) is 60.9 Å². The highest BCUT2D eigenvalue weighted by atomic mass is 32.2. The van der Waals surface area contributed by atoms with Crippen molar-refractivity contribution in [1.82, 2.24) is 4.98 Å². The van der Waals surface area contributed by atoms with E-state index in [4.69, 9.17) is 9.15 Å². The van der Waals surface area contributed by atoms with E-state index in [1.54, 1.807) is 36.0 Å². The van der Waals surface area contributed by atoms with Gasteiger partial charge in [-0.3, -0.25) is 9.69 Å². The lowest BCUT2D eigenvalue weighted by Crippen LogP contribution is -2.31. The lowest BCUT2D eigenvalue weighted by molar-refractivity contribution is -0.118. The molecule has 172 valence electrons. The van der Waals surface area contributed by atoms with Gasteiger partial charge in [0.2, 0.25) is 5.91 Å². The molecule has 0 aliphatic carbocycles. The zero-order valence-electron chi connectivity index (χ0n) is 18.1. The number of sulfone groups is 1. The van der Waals surface area contributed by atoms with Gasteiger partial charge in [0.05, 0.1) is 40.8 Å². The predicted octanol–water partition coefficient (Wildman–Crippen LogP) is 5.02. The average Bonchev–Trinajstić information content (AvgIpc) is 3.50. The summed E-state index contributed by atoms with van der Waals surface area (Å²) < 4.78 is 37.0. The number of hydrogen-bond acceptors (Lipinski definition) is 8. The molecule has 10 heteroatoms. The lowest BCUT2D eigenvalue weighted by Gasteiger charge is -2.18. The van der Waals surface area contributed by atoms with E-state index < -0.39 is 9.84 Å². The second-order valence-electron chi connectivity index (χ2n) is 7.13. The molecule has 1 amide bonds. The van der Waals surface area contributed by atoms with Crippen LogP contribution in [-0.4, -0.2) is 38.4 Å². The largest absolute Gasteiger partial charge is 0.497 e. The van der Waals surface area contributed by atoms with Crippen LogP contribution >= 0.6 is 23.1 Å². The molecule has 0 atom stereocenters. The molecule has 0 unspecified atom stereocenters. The number of aromatic nitrogens is 1. The first-order chi connectivity index (χ1) is 15.9.